The van der Waals surface area contributed by atoms with Crippen molar-refractivity contribution in [3.8, 4) is 0 Å². The summed E-state index contributed by atoms with van der Waals surface area (Å²) in [6, 6.07) is -0.00556. The van der Waals surface area contributed by atoms with Gasteiger partial charge in [-0.15, -0.1) is 0 Å². The van der Waals surface area contributed by atoms with Crippen molar-refractivity contribution in [1.82, 2.24) is 10.6 Å². The van der Waals surface area contributed by atoms with Gasteiger partial charge in [0.25, 0.3) is 0 Å². The summed E-state index contributed by atoms with van der Waals surface area (Å²) in [6.07, 6.45) is 2.30. The first-order valence-electron chi connectivity index (χ1n) is 4.89. The molecular formula is C9H18N2O2. The Kier molecular flexibility index (Phi) is 4.18. The Hall–Kier alpha value is -0.610. The first-order valence-corrected chi connectivity index (χ1v) is 4.89. The Labute approximate surface area is 78.7 Å². The van der Waals surface area contributed by atoms with Gasteiger partial charge in [0.2, 0.25) is 5.91 Å². The van der Waals surface area contributed by atoms with Crippen LogP contribution in [0.5, 0.6) is 0 Å². The minimum absolute atomic E-state index is 0.00556. The monoisotopic (exact) mass is 186 g/mol. The maximum Gasteiger partial charge on any atom is 0.237 e. The molecule has 0 bridgehead atoms. The summed E-state index contributed by atoms with van der Waals surface area (Å²) in [5.41, 5.74) is 0. The van der Waals surface area contributed by atoms with Gasteiger partial charge in [-0.1, -0.05) is 0 Å². The van der Waals surface area contributed by atoms with Crippen molar-refractivity contribution < 1.29 is 9.90 Å². The quantitative estimate of drug-likeness (QED) is 0.561. The Bertz CT molecular complexity index is 165. The zero-order valence-corrected chi connectivity index (χ0v) is 8.05. The van der Waals surface area contributed by atoms with Gasteiger partial charge < -0.3 is 15.7 Å². The van der Waals surface area contributed by atoms with E-state index in [9.17, 15) is 4.79 Å². The molecule has 1 aliphatic heterocycles. The van der Waals surface area contributed by atoms with Gasteiger partial charge in [0.1, 0.15) is 0 Å². The smallest absolute Gasteiger partial charge is 0.237 e. The predicted molar refractivity (Wildman–Crippen MR) is 50.3 cm³/mol. The molecule has 2 atom stereocenters. The van der Waals surface area contributed by atoms with Crippen molar-refractivity contribution in [3.05, 3.63) is 0 Å². The molecule has 1 heterocycles. The summed E-state index contributed by atoms with van der Waals surface area (Å²) in [7, 11) is 0. The Morgan fingerprint density at radius 1 is 1.77 bits per heavy atom. The molecule has 76 valence electrons. The molecule has 1 fully saturated rings. The summed E-state index contributed by atoms with van der Waals surface area (Å²) in [5.74, 6) is 0.0677. The van der Waals surface area contributed by atoms with E-state index in [2.05, 4.69) is 10.6 Å². The van der Waals surface area contributed by atoms with Crippen molar-refractivity contribution in [1.29, 1.82) is 0 Å². The van der Waals surface area contributed by atoms with Crippen molar-refractivity contribution in [2.24, 2.45) is 0 Å². The standard InChI is InChI=1S/C9H18N2O2/c1-7(12)4-6-11-9(13)8-3-2-5-10-8/h7-8,10,12H,2-6H2,1H3,(H,11,13). The molecule has 0 aromatic carbocycles. The molecule has 1 aliphatic rings. The van der Waals surface area contributed by atoms with Crippen LogP contribution in [0.3, 0.4) is 0 Å². The molecule has 0 spiro atoms. The summed E-state index contributed by atoms with van der Waals surface area (Å²) in [6.45, 7) is 3.23. The summed E-state index contributed by atoms with van der Waals surface area (Å²) in [4.78, 5) is 11.4. The van der Waals surface area contributed by atoms with Crippen LogP contribution in [0.15, 0.2) is 0 Å². The molecule has 1 rings (SSSR count). The first-order chi connectivity index (χ1) is 6.20. The number of aliphatic hydroxyl groups is 1. The lowest BCUT2D eigenvalue weighted by atomic mass is 10.2. The van der Waals surface area contributed by atoms with Gasteiger partial charge in [0.15, 0.2) is 0 Å². The van der Waals surface area contributed by atoms with Crippen molar-refractivity contribution in [2.45, 2.75) is 38.3 Å². The Morgan fingerprint density at radius 2 is 2.54 bits per heavy atom. The number of carbonyl (C=O) groups excluding carboxylic acids is 1. The molecule has 4 heteroatoms. The van der Waals surface area contributed by atoms with Gasteiger partial charge in [-0.05, 0) is 32.7 Å². The van der Waals surface area contributed by atoms with Crippen molar-refractivity contribution in [3.63, 3.8) is 0 Å². The minimum Gasteiger partial charge on any atom is -0.393 e. The second-order valence-corrected chi connectivity index (χ2v) is 3.58. The van der Waals surface area contributed by atoms with Gasteiger partial charge >= 0.3 is 0 Å². The summed E-state index contributed by atoms with van der Waals surface area (Å²) in [5, 5.41) is 14.9. The van der Waals surface area contributed by atoms with Crippen LogP contribution in [0.2, 0.25) is 0 Å². The number of rotatable bonds is 4. The third-order valence-electron chi connectivity index (χ3n) is 2.24. The van der Waals surface area contributed by atoms with E-state index in [1.165, 1.54) is 0 Å². The maximum atomic E-state index is 11.4. The zero-order chi connectivity index (χ0) is 9.68. The van der Waals surface area contributed by atoms with Gasteiger partial charge in [-0.2, -0.15) is 0 Å². The molecule has 4 nitrogen and oxygen atoms in total. The average Bonchev–Trinajstić information content (AvgIpc) is 2.55. The van der Waals surface area contributed by atoms with E-state index in [0.29, 0.717) is 13.0 Å². The lowest BCUT2D eigenvalue weighted by Gasteiger charge is -2.11. The summed E-state index contributed by atoms with van der Waals surface area (Å²) < 4.78 is 0. The normalized spacial score (nSPS) is 24.3. The van der Waals surface area contributed by atoms with E-state index in [4.69, 9.17) is 5.11 Å². The van der Waals surface area contributed by atoms with Crippen molar-refractivity contribution >= 4 is 5.91 Å². The molecule has 13 heavy (non-hydrogen) atoms. The van der Waals surface area contributed by atoms with Crippen LogP contribution in [0.25, 0.3) is 0 Å². The highest BCUT2D eigenvalue weighted by atomic mass is 16.3. The lowest BCUT2D eigenvalue weighted by Crippen LogP contribution is -2.41. The molecular weight excluding hydrogens is 168 g/mol. The maximum absolute atomic E-state index is 11.4. The van der Waals surface area contributed by atoms with Crippen LogP contribution in [0, 0.1) is 0 Å². The molecule has 1 amide bonds. The van der Waals surface area contributed by atoms with Crippen LogP contribution >= 0.6 is 0 Å². The van der Waals surface area contributed by atoms with E-state index in [-0.39, 0.29) is 18.1 Å². The predicted octanol–water partition coefficient (Wildman–Crippen LogP) is -0.374. The third-order valence-corrected chi connectivity index (χ3v) is 2.24. The Morgan fingerprint density at radius 3 is 3.08 bits per heavy atom. The van der Waals surface area contributed by atoms with E-state index < -0.39 is 0 Å². The fourth-order valence-electron chi connectivity index (χ4n) is 1.44. The highest BCUT2D eigenvalue weighted by Gasteiger charge is 2.21. The topological polar surface area (TPSA) is 61.4 Å². The van der Waals surface area contributed by atoms with Crippen LogP contribution < -0.4 is 10.6 Å². The number of hydrogen-bond acceptors (Lipinski definition) is 3. The fraction of sp³-hybridized carbons (Fsp3) is 0.889. The van der Waals surface area contributed by atoms with Crippen LogP contribution in [-0.2, 0) is 4.79 Å². The molecule has 0 saturated carbocycles. The lowest BCUT2D eigenvalue weighted by molar-refractivity contribution is -0.122. The van der Waals surface area contributed by atoms with Crippen LogP contribution in [0.1, 0.15) is 26.2 Å². The SMILES string of the molecule is CC(O)CCNC(=O)C1CCCN1. The molecule has 3 N–H and O–H groups in total. The average molecular weight is 186 g/mol. The van der Waals surface area contributed by atoms with Crippen LogP contribution in [-0.4, -0.2) is 36.2 Å². The number of nitrogens with one attached hydrogen (secondary N) is 2. The van der Waals surface area contributed by atoms with Gasteiger partial charge in [0, 0.05) is 6.54 Å². The highest BCUT2D eigenvalue weighted by molar-refractivity contribution is 5.81. The second kappa shape index (κ2) is 5.19. The fourth-order valence-corrected chi connectivity index (χ4v) is 1.44. The van der Waals surface area contributed by atoms with Gasteiger partial charge in [-0.3, -0.25) is 4.79 Å². The number of hydrogen-bond donors (Lipinski definition) is 3. The third kappa shape index (κ3) is 3.74. The molecule has 0 aromatic rings. The first kappa shape index (κ1) is 10.5. The van der Waals surface area contributed by atoms with Gasteiger partial charge in [-0.25, -0.2) is 0 Å². The number of aliphatic hydroxyl groups excluding tert-OH is 1. The molecule has 1 saturated heterocycles. The second-order valence-electron chi connectivity index (χ2n) is 3.58. The summed E-state index contributed by atoms with van der Waals surface area (Å²) >= 11 is 0. The minimum atomic E-state index is -0.336. The highest BCUT2D eigenvalue weighted by Crippen LogP contribution is 2.04. The zero-order valence-electron chi connectivity index (χ0n) is 8.05. The molecule has 0 radical (unpaired) electrons. The molecule has 2 unspecified atom stereocenters. The largest absolute Gasteiger partial charge is 0.393 e. The van der Waals surface area contributed by atoms with E-state index in [1.807, 2.05) is 0 Å². The number of carbonyl (C=O) groups is 1. The molecule has 0 aliphatic carbocycles. The number of amides is 1. The van der Waals surface area contributed by atoms with E-state index in [0.717, 1.165) is 19.4 Å². The molecule has 0 aromatic heterocycles. The van der Waals surface area contributed by atoms with Crippen molar-refractivity contribution in [2.75, 3.05) is 13.1 Å². The Balaban J connectivity index is 2.10. The van der Waals surface area contributed by atoms with Crippen LogP contribution in [0.4, 0.5) is 0 Å². The van der Waals surface area contributed by atoms with E-state index >= 15 is 0 Å². The van der Waals surface area contributed by atoms with Gasteiger partial charge in [0.05, 0.1) is 12.1 Å². The van der Waals surface area contributed by atoms with E-state index in [1.54, 1.807) is 6.92 Å².